The van der Waals surface area contributed by atoms with Gasteiger partial charge in [-0.15, -0.1) is 0 Å². The number of phosphoric acid groups is 1. The van der Waals surface area contributed by atoms with E-state index in [4.69, 9.17) is 23.6 Å². The number of phosphoric ester groups is 1. The van der Waals surface area contributed by atoms with Crippen LogP contribution in [0, 0.1) is 0 Å². The lowest BCUT2D eigenvalue weighted by molar-refractivity contribution is -0.161. The molecule has 0 saturated heterocycles. The number of hydrogen-bond acceptors (Lipinski definition) is 9. The van der Waals surface area contributed by atoms with Gasteiger partial charge < -0.3 is 24.6 Å². The topological polar surface area (TPSA) is 149 Å². The van der Waals surface area contributed by atoms with Crippen molar-refractivity contribution in [1.82, 2.24) is 0 Å². The SMILES string of the molecule is CCCCC/C=C\C/C=C\C/C=C\C/C=C\CCCCCCCC(=O)OC[C@H](COP(=O)(O)OC[C@@H](O)CO)OC(=O)CCCCCCC/C=C\CCCCCCCC. The Labute approximate surface area is 359 Å². The molecule has 0 rings (SSSR count). The average Bonchev–Trinajstić information content (AvgIpc) is 3.22. The second-order valence-electron chi connectivity index (χ2n) is 15.4. The molecule has 342 valence electrons. The zero-order valence-corrected chi connectivity index (χ0v) is 38.1. The summed E-state index contributed by atoms with van der Waals surface area (Å²) in [5, 5.41) is 18.4. The largest absolute Gasteiger partial charge is 0.472 e. The monoisotopic (exact) mass is 853 g/mol. The van der Waals surface area contributed by atoms with Crippen LogP contribution in [0.1, 0.15) is 194 Å². The summed E-state index contributed by atoms with van der Waals surface area (Å²) in [6.07, 6.45) is 48.9. The molecule has 0 aliphatic heterocycles. The van der Waals surface area contributed by atoms with Gasteiger partial charge in [0.1, 0.15) is 12.7 Å². The van der Waals surface area contributed by atoms with Crippen molar-refractivity contribution >= 4 is 19.8 Å². The number of hydrogen-bond donors (Lipinski definition) is 3. The van der Waals surface area contributed by atoms with Crippen LogP contribution in [0.25, 0.3) is 0 Å². The van der Waals surface area contributed by atoms with Gasteiger partial charge in [-0.3, -0.25) is 18.6 Å². The van der Waals surface area contributed by atoms with Gasteiger partial charge in [0.05, 0.1) is 19.8 Å². The standard InChI is InChI=1S/C48H85O10P/c1-3-5-7-9-11-13-15-17-19-20-21-22-23-24-26-27-29-31-33-35-37-39-47(51)55-43-46(44-57-59(53,54)56-42-45(50)41-49)58-48(52)40-38-36-34-32-30-28-25-18-16-14-12-10-8-6-4-2/h11,13,17-19,21-22,24-26,45-46,49-50H,3-10,12,14-16,20,23,27-44H2,1-2H3,(H,53,54)/b13-11-,19-17-,22-21-,25-18-,26-24-/t45-,46+/m0/s1. The van der Waals surface area contributed by atoms with Crippen LogP contribution in [0.15, 0.2) is 60.8 Å². The maximum atomic E-state index is 12.6. The number of esters is 2. The molecular weight excluding hydrogens is 767 g/mol. The maximum Gasteiger partial charge on any atom is 0.472 e. The van der Waals surface area contributed by atoms with E-state index in [1.165, 1.54) is 64.2 Å². The van der Waals surface area contributed by atoms with Crippen LogP contribution < -0.4 is 0 Å². The Morgan fingerprint density at radius 1 is 0.508 bits per heavy atom. The second kappa shape index (κ2) is 43.7. The van der Waals surface area contributed by atoms with Gasteiger partial charge in [-0.2, -0.15) is 0 Å². The predicted molar refractivity (Wildman–Crippen MR) is 242 cm³/mol. The quantitative estimate of drug-likeness (QED) is 0.0234. The number of allylic oxidation sites excluding steroid dienone is 10. The van der Waals surface area contributed by atoms with Gasteiger partial charge in [0.2, 0.25) is 0 Å². The minimum atomic E-state index is -4.63. The Morgan fingerprint density at radius 2 is 0.881 bits per heavy atom. The lowest BCUT2D eigenvalue weighted by Crippen LogP contribution is -2.29. The van der Waals surface area contributed by atoms with Crippen molar-refractivity contribution in [2.45, 2.75) is 206 Å². The second-order valence-corrected chi connectivity index (χ2v) is 16.9. The Hall–Kier alpha value is -2.33. The molecule has 0 aromatic rings. The molecule has 0 fully saturated rings. The molecule has 3 N–H and O–H groups in total. The molecule has 3 atom stereocenters. The van der Waals surface area contributed by atoms with Gasteiger partial charge >= 0.3 is 19.8 Å². The maximum absolute atomic E-state index is 12.6. The third kappa shape index (κ3) is 43.6. The Morgan fingerprint density at radius 3 is 1.37 bits per heavy atom. The molecule has 0 aliphatic rings. The molecule has 10 nitrogen and oxygen atoms in total. The van der Waals surface area contributed by atoms with E-state index in [9.17, 15) is 24.2 Å². The van der Waals surface area contributed by atoms with Crippen LogP contribution in [-0.4, -0.2) is 65.7 Å². The molecule has 0 aromatic heterocycles. The number of rotatable bonds is 43. The highest BCUT2D eigenvalue weighted by Crippen LogP contribution is 2.43. The van der Waals surface area contributed by atoms with Crippen molar-refractivity contribution in [2.75, 3.05) is 26.4 Å². The van der Waals surface area contributed by atoms with Gasteiger partial charge in [0.25, 0.3) is 0 Å². The van der Waals surface area contributed by atoms with Crippen molar-refractivity contribution in [2.24, 2.45) is 0 Å². The number of aliphatic hydroxyl groups excluding tert-OH is 2. The molecular formula is C48H85O10P. The van der Waals surface area contributed by atoms with E-state index in [1.807, 2.05) is 0 Å². The highest BCUT2D eigenvalue weighted by molar-refractivity contribution is 7.47. The summed E-state index contributed by atoms with van der Waals surface area (Å²) in [5.41, 5.74) is 0. The number of carbonyl (C=O) groups is 2. The van der Waals surface area contributed by atoms with E-state index >= 15 is 0 Å². The first-order valence-corrected chi connectivity index (χ1v) is 24.7. The van der Waals surface area contributed by atoms with E-state index < -0.39 is 51.8 Å². The van der Waals surface area contributed by atoms with Crippen molar-refractivity contribution in [3.05, 3.63) is 60.8 Å². The summed E-state index contributed by atoms with van der Waals surface area (Å²) in [5.74, 6) is -0.957. The summed E-state index contributed by atoms with van der Waals surface area (Å²) in [4.78, 5) is 35.1. The van der Waals surface area contributed by atoms with E-state index in [0.717, 1.165) is 89.9 Å². The lowest BCUT2D eigenvalue weighted by atomic mass is 10.1. The zero-order chi connectivity index (χ0) is 43.3. The first kappa shape index (κ1) is 56.7. The van der Waals surface area contributed by atoms with Crippen LogP contribution in [-0.2, 0) is 32.7 Å². The lowest BCUT2D eigenvalue weighted by Gasteiger charge is -2.20. The average molecular weight is 853 g/mol. The summed E-state index contributed by atoms with van der Waals surface area (Å²) < 4.78 is 32.7. The molecule has 59 heavy (non-hydrogen) atoms. The van der Waals surface area contributed by atoms with Gasteiger partial charge in [0, 0.05) is 12.8 Å². The smallest absolute Gasteiger partial charge is 0.462 e. The van der Waals surface area contributed by atoms with E-state index in [2.05, 4.69) is 74.6 Å². The third-order valence-corrected chi connectivity index (χ3v) is 10.6. The van der Waals surface area contributed by atoms with Gasteiger partial charge in [-0.05, 0) is 83.5 Å². The van der Waals surface area contributed by atoms with Crippen molar-refractivity contribution in [3.63, 3.8) is 0 Å². The van der Waals surface area contributed by atoms with Crippen LogP contribution in [0.4, 0.5) is 0 Å². The van der Waals surface area contributed by atoms with E-state index in [-0.39, 0.29) is 19.4 Å². The van der Waals surface area contributed by atoms with Crippen LogP contribution in [0.2, 0.25) is 0 Å². The van der Waals surface area contributed by atoms with Crippen LogP contribution >= 0.6 is 7.82 Å². The number of ether oxygens (including phenoxy) is 2. The minimum absolute atomic E-state index is 0.168. The summed E-state index contributed by atoms with van der Waals surface area (Å²) >= 11 is 0. The Kier molecular flexibility index (Phi) is 42.0. The number of carbonyl (C=O) groups excluding carboxylic acids is 2. The highest BCUT2D eigenvalue weighted by Gasteiger charge is 2.27. The molecule has 0 amide bonds. The molecule has 0 bridgehead atoms. The third-order valence-electron chi connectivity index (χ3n) is 9.64. The van der Waals surface area contributed by atoms with Crippen molar-refractivity contribution in [1.29, 1.82) is 0 Å². The zero-order valence-electron chi connectivity index (χ0n) is 37.2. The summed E-state index contributed by atoms with van der Waals surface area (Å²) in [6.45, 7) is 2.32. The van der Waals surface area contributed by atoms with Crippen molar-refractivity contribution < 1.29 is 47.8 Å². The number of aliphatic hydroxyl groups is 2. The first-order valence-electron chi connectivity index (χ1n) is 23.2. The fraction of sp³-hybridized carbons (Fsp3) is 0.750. The summed E-state index contributed by atoms with van der Waals surface area (Å²) in [6, 6.07) is 0. The van der Waals surface area contributed by atoms with Crippen molar-refractivity contribution in [3.8, 4) is 0 Å². The number of unbranched alkanes of at least 4 members (excludes halogenated alkanes) is 19. The van der Waals surface area contributed by atoms with Gasteiger partial charge in [0.15, 0.2) is 6.10 Å². The molecule has 0 heterocycles. The predicted octanol–water partition coefficient (Wildman–Crippen LogP) is 12.7. The normalized spacial score (nSPS) is 14.3. The van der Waals surface area contributed by atoms with E-state index in [1.54, 1.807) is 0 Å². The first-order chi connectivity index (χ1) is 28.7. The fourth-order valence-corrected chi connectivity index (χ4v) is 6.82. The Bertz CT molecular complexity index is 1160. The summed E-state index contributed by atoms with van der Waals surface area (Å²) in [7, 11) is -4.63. The van der Waals surface area contributed by atoms with Gasteiger partial charge in [-0.25, -0.2) is 4.57 Å². The molecule has 0 aromatic carbocycles. The van der Waals surface area contributed by atoms with E-state index in [0.29, 0.717) is 12.8 Å². The fourth-order valence-electron chi connectivity index (χ4n) is 6.03. The Balaban J connectivity index is 4.30. The van der Waals surface area contributed by atoms with Crippen LogP contribution in [0.3, 0.4) is 0 Å². The van der Waals surface area contributed by atoms with Gasteiger partial charge in [-0.1, -0.05) is 158 Å². The molecule has 1 unspecified atom stereocenters. The minimum Gasteiger partial charge on any atom is -0.462 e. The molecule has 0 spiro atoms. The highest BCUT2D eigenvalue weighted by atomic mass is 31.2. The van der Waals surface area contributed by atoms with Crippen LogP contribution in [0.5, 0.6) is 0 Å². The molecule has 0 radical (unpaired) electrons. The molecule has 0 aliphatic carbocycles. The molecule has 0 saturated carbocycles. The molecule has 11 heteroatoms.